The highest BCUT2D eigenvalue weighted by atomic mass is 19.1. The SMILES string of the molecule is O[C@H](CNC1CCN(Cc2ccccc2)CC1)COc1ccc(-c2onc3cc(F)ccc23)cc1. The van der Waals surface area contributed by atoms with Crippen molar-refractivity contribution >= 4 is 10.9 Å². The molecule has 6 nitrogen and oxygen atoms in total. The molecule has 1 aliphatic heterocycles. The number of likely N-dealkylation sites (tertiary alicyclic amines) is 1. The van der Waals surface area contributed by atoms with Crippen LogP contribution in [0.5, 0.6) is 5.75 Å². The number of fused-ring (bicyclic) bond motifs is 1. The quantitative estimate of drug-likeness (QED) is 0.368. The molecule has 1 fully saturated rings. The Hall–Kier alpha value is -3.26. The lowest BCUT2D eigenvalue weighted by atomic mass is 10.0. The molecule has 3 aromatic carbocycles. The Morgan fingerprint density at radius 2 is 1.83 bits per heavy atom. The van der Waals surface area contributed by atoms with Crippen LogP contribution in [-0.2, 0) is 6.54 Å². The van der Waals surface area contributed by atoms with Crippen molar-refractivity contribution in [2.24, 2.45) is 0 Å². The number of aromatic nitrogens is 1. The van der Waals surface area contributed by atoms with Crippen molar-refractivity contribution in [2.45, 2.75) is 31.5 Å². The van der Waals surface area contributed by atoms with E-state index in [2.05, 4.69) is 39.6 Å². The van der Waals surface area contributed by atoms with Crippen molar-refractivity contribution in [3.05, 3.63) is 84.2 Å². The zero-order valence-corrected chi connectivity index (χ0v) is 19.6. The summed E-state index contributed by atoms with van der Waals surface area (Å²) in [5.41, 5.74) is 2.66. The van der Waals surface area contributed by atoms with Crippen LogP contribution in [0.25, 0.3) is 22.2 Å². The molecule has 0 saturated carbocycles. The van der Waals surface area contributed by atoms with Gasteiger partial charge in [0.2, 0.25) is 0 Å². The zero-order chi connectivity index (χ0) is 24.0. The molecule has 0 aliphatic carbocycles. The second-order valence-corrected chi connectivity index (χ2v) is 9.11. The van der Waals surface area contributed by atoms with E-state index in [0.29, 0.717) is 29.6 Å². The predicted octanol–water partition coefficient (Wildman–Crippen LogP) is 4.63. The van der Waals surface area contributed by atoms with Gasteiger partial charge in [-0.15, -0.1) is 0 Å². The Kier molecular flexibility index (Phi) is 7.37. The highest BCUT2D eigenvalue weighted by Crippen LogP contribution is 2.30. The molecule has 0 amide bonds. The first-order valence-corrected chi connectivity index (χ1v) is 12.1. The Morgan fingerprint density at radius 3 is 2.60 bits per heavy atom. The maximum absolute atomic E-state index is 13.4. The summed E-state index contributed by atoms with van der Waals surface area (Å²) in [6.45, 7) is 3.82. The molecule has 1 aliphatic rings. The average Bonchev–Trinajstić information content (AvgIpc) is 3.31. The van der Waals surface area contributed by atoms with E-state index in [-0.39, 0.29) is 12.4 Å². The molecule has 0 bridgehead atoms. The zero-order valence-electron chi connectivity index (χ0n) is 19.6. The van der Waals surface area contributed by atoms with Gasteiger partial charge >= 0.3 is 0 Å². The molecule has 2 heterocycles. The van der Waals surface area contributed by atoms with Gasteiger partial charge in [0.05, 0.1) is 0 Å². The Labute approximate surface area is 204 Å². The summed E-state index contributed by atoms with van der Waals surface area (Å²) < 4.78 is 24.6. The largest absolute Gasteiger partial charge is 0.491 e. The minimum Gasteiger partial charge on any atom is -0.491 e. The second-order valence-electron chi connectivity index (χ2n) is 9.11. The van der Waals surface area contributed by atoms with Crippen LogP contribution < -0.4 is 10.1 Å². The number of ether oxygens (including phenoxy) is 1. The van der Waals surface area contributed by atoms with Crippen molar-refractivity contribution in [1.29, 1.82) is 0 Å². The molecule has 0 radical (unpaired) electrons. The van der Waals surface area contributed by atoms with Crippen LogP contribution in [0.15, 0.2) is 77.3 Å². The lowest BCUT2D eigenvalue weighted by Crippen LogP contribution is -2.45. The molecule has 1 saturated heterocycles. The molecule has 35 heavy (non-hydrogen) atoms. The van der Waals surface area contributed by atoms with Gasteiger partial charge < -0.3 is 19.7 Å². The first-order chi connectivity index (χ1) is 17.1. The number of hydrogen-bond acceptors (Lipinski definition) is 6. The summed E-state index contributed by atoms with van der Waals surface area (Å²) in [6, 6.07) is 22.8. The van der Waals surface area contributed by atoms with Gasteiger partial charge in [-0.1, -0.05) is 35.5 Å². The number of hydrogen-bond donors (Lipinski definition) is 2. The second kappa shape index (κ2) is 11.0. The number of halogens is 1. The van der Waals surface area contributed by atoms with E-state index < -0.39 is 6.10 Å². The average molecular weight is 476 g/mol. The fraction of sp³-hybridized carbons (Fsp3) is 0.321. The van der Waals surface area contributed by atoms with E-state index in [1.807, 2.05) is 30.3 Å². The van der Waals surface area contributed by atoms with Gasteiger partial charge in [-0.05, 0) is 67.9 Å². The molecule has 2 N–H and O–H groups in total. The Morgan fingerprint density at radius 1 is 1.06 bits per heavy atom. The van der Waals surface area contributed by atoms with Gasteiger partial charge in [-0.3, -0.25) is 4.90 Å². The maximum atomic E-state index is 13.4. The minimum atomic E-state index is -0.592. The van der Waals surface area contributed by atoms with Crippen LogP contribution >= 0.6 is 0 Å². The number of piperidine rings is 1. The van der Waals surface area contributed by atoms with Gasteiger partial charge in [0.15, 0.2) is 5.76 Å². The van der Waals surface area contributed by atoms with Crippen molar-refractivity contribution in [3.63, 3.8) is 0 Å². The normalized spacial score (nSPS) is 15.9. The molecule has 182 valence electrons. The minimum absolute atomic E-state index is 0.212. The first kappa shape index (κ1) is 23.5. The van der Waals surface area contributed by atoms with Crippen molar-refractivity contribution in [1.82, 2.24) is 15.4 Å². The summed E-state index contributed by atoms with van der Waals surface area (Å²) in [6.07, 6.45) is 1.56. The predicted molar refractivity (Wildman–Crippen MR) is 134 cm³/mol. The number of benzene rings is 3. The third-order valence-corrected chi connectivity index (χ3v) is 6.48. The van der Waals surface area contributed by atoms with Crippen LogP contribution in [0.1, 0.15) is 18.4 Å². The molecule has 1 aromatic heterocycles. The topological polar surface area (TPSA) is 70.8 Å². The fourth-order valence-electron chi connectivity index (χ4n) is 4.52. The van der Waals surface area contributed by atoms with Crippen molar-refractivity contribution in [2.75, 3.05) is 26.2 Å². The molecule has 1 atom stereocenters. The standard InChI is InChI=1S/C28H30FN3O3/c29-22-8-11-26-27(16-22)31-35-28(26)21-6-9-25(10-7-21)34-19-24(33)17-30-23-12-14-32(15-13-23)18-20-4-2-1-3-5-20/h1-11,16,23-24,30,33H,12-15,17-19H2/t24-/m1/s1. The van der Waals surface area contributed by atoms with E-state index in [4.69, 9.17) is 9.26 Å². The number of nitrogens with zero attached hydrogens (tertiary/aromatic N) is 2. The summed E-state index contributed by atoms with van der Waals surface area (Å²) in [7, 11) is 0. The lowest BCUT2D eigenvalue weighted by molar-refractivity contribution is 0.0979. The molecule has 7 heteroatoms. The maximum Gasteiger partial charge on any atom is 0.174 e. The van der Waals surface area contributed by atoms with Crippen LogP contribution in [-0.4, -0.2) is 53.6 Å². The van der Waals surface area contributed by atoms with Crippen LogP contribution in [0.3, 0.4) is 0 Å². The van der Waals surface area contributed by atoms with E-state index in [1.54, 1.807) is 6.07 Å². The smallest absolute Gasteiger partial charge is 0.174 e. The highest BCUT2D eigenvalue weighted by molar-refractivity contribution is 5.91. The third-order valence-electron chi connectivity index (χ3n) is 6.48. The van der Waals surface area contributed by atoms with Gasteiger partial charge in [-0.2, -0.15) is 0 Å². The molecular formula is C28H30FN3O3. The van der Waals surface area contributed by atoms with Crippen LogP contribution in [0.4, 0.5) is 4.39 Å². The van der Waals surface area contributed by atoms with Crippen LogP contribution in [0.2, 0.25) is 0 Å². The monoisotopic (exact) mass is 475 g/mol. The number of rotatable bonds is 9. The Bertz CT molecular complexity index is 1220. The lowest BCUT2D eigenvalue weighted by Gasteiger charge is -2.33. The Balaban J connectivity index is 1.04. The first-order valence-electron chi connectivity index (χ1n) is 12.1. The third kappa shape index (κ3) is 6.06. The van der Waals surface area contributed by atoms with Crippen molar-refractivity contribution in [3.8, 4) is 17.1 Å². The molecule has 0 spiro atoms. The van der Waals surface area contributed by atoms with E-state index >= 15 is 0 Å². The fourth-order valence-corrected chi connectivity index (χ4v) is 4.52. The van der Waals surface area contributed by atoms with Gasteiger partial charge in [0, 0.05) is 36.1 Å². The molecule has 5 rings (SSSR count). The highest BCUT2D eigenvalue weighted by Gasteiger charge is 2.20. The number of aliphatic hydroxyl groups is 1. The van der Waals surface area contributed by atoms with Crippen molar-refractivity contribution < 1.29 is 18.8 Å². The number of aliphatic hydroxyl groups excluding tert-OH is 1. The van der Waals surface area contributed by atoms with Gasteiger partial charge in [-0.25, -0.2) is 4.39 Å². The van der Waals surface area contributed by atoms with E-state index in [1.165, 1.54) is 17.7 Å². The summed E-state index contributed by atoms with van der Waals surface area (Å²) in [5, 5.41) is 18.6. The van der Waals surface area contributed by atoms with E-state index in [0.717, 1.165) is 43.4 Å². The van der Waals surface area contributed by atoms with Gasteiger partial charge in [0.1, 0.15) is 29.8 Å². The number of nitrogens with one attached hydrogen (secondary N) is 1. The molecule has 0 unspecified atom stereocenters. The molecular weight excluding hydrogens is 445 g/mol. The van der Waals surface area contributed by atoms with E-state index in [9.17, 15) is 9.50 Å². The summed E-state index contributed by atoms with van der Waals surface area (Å²) >= 11 is 0. The summed E-state index contributed by atoms with van der Waals surface area (Å²) in [5.74, 6) is 0.908. The van der Waals surface area contributed by atoms with Crippen LogP contribution in [0, 0.1) is 5.82 Å². The summed E-state index contributed by atoms with van der Waals surface area (Å²) in [4.78, 5) is 2.48. The van der Waals surface area contributed by atoms with Gasteiger partial charge in [0.25, 0.3) is 0 Å². The molecule has 4 aromatic rings.